The zero-order valence-corrected chi connectivity index (χ0v) is 12.6. The van der Waals surface area contributed by atoms with Crippen LogP contribution in [0.3, 0.4) is 0 Å². The highest BCUT2D eigenvalue weighted by Gasteiger charge is 2.34. The largest absolute Gasteiger partial charge is 0.289 e. The molecule has 0 radical (unpaired) electrons. The maximum absolute atomic E-state index is 12.0. The van der Waals surface area contributed by atoms with Crippen LogP contribution in [-0.4, -0.2) is 36.1 Å². The van der Waals surface area contributed by atoms with Crippen molar-refractivity contribution in [3.05, 3.63) is 35.9 Å². The first-order valence-electron chi connectivity index (χ1n) is 6.22. The molecule has 20 heavy (non-hydrogen) atoms. The predicted molar refractivity (Wildman–Crippen MR) is 75.4 cm³/mol. The molecule has 0 aliphatic heterocycles. The Morgan fingerprint density at radius 2 is 1.85 bits per heavy atom. The molecular formula is C13H20N2O4S. The van der Waals surface area contributed by atoms with E-state index in [1.54, 1.807) is 38.1 Å². The molecule has 1 aromatic rings. The van der Waals surface area contributed by atoms with E-state index in [1.807, 2.05) is 6.07 Å². The number of carbonyl (C=O) groups excluding carboxylic acids is 1. The molecule has 1 atom stereocenters. The molecule has 0 heterocycles. The summed E-state index contributed by atoms with van der Waals surface area (Å²) in [7, 11) is -3.60. The molecule has 0 fully saturated rings. The number of benzene rings is 1. The maximum Gasteiger partial charge on any atom is 0.262 e. The fourth-order valence-corrected chi connectivity index (χ4v) is 3.15. The van der Waals surface area contributed by atoms with Crippen molar-refractivity contribution in [2.75, 3.05) is 6.26 Å². The summed E-state index contributed by atoms with van der Waals surface area (Å²) in [5.41, 5.74) is 2.31. The maximum atomic E-state index is 12.0. The van der Waals surface area contributed by atoms with Gasteiger partial charge in [0.2, 0.25) is 10.0 Å². The highest BCUT2D eigenvalue weighted by molar-refractivity contribution is 7.88. The minimum Gasteiger partial charge on any atom is -0.289 e. The average molecular weight is 300 g/mol. The fourth-order valence-electron chi connectivity index (χ4n) is 2.02. The highest BCUT2D eigenvalue weighted by atomic mass is 32.2. The first-order valence-corrected chi connectivity index (χ1v) is 8.07. The van der Waals surface area contributed by atoms with Crippen molar-refractivity contribution < 1.29 is 18.4 Å². The molecule has 0 bridgehead atoms. The van der Waals surface area contributed by atoms with Gasteiger partial charge in [-0.2, -0.15) is 4.31 Å². The van der Waals surface area contributed by atoms with Gasteiger partial charge in [-0.05, 0) is 11.5 Å². The van der Waals surface area contributed by atoms with Crippen molar-refractivity contribution in [2.24, 2.45) is 5.92 Å². The van der Waals surface area contributed by atoms with E-state index >= 15 is 0 Å². The molecule has 7 heteroatoms. The van der Waals surface area contributed by atoms with Crippen molar-refractivity contribution in [3.8, 4) is 0 Å². The predicted octanol–water partition coefficient (Wildman–Crippen LogP) is 0.978. The molecule has 1 aromatic carbocycles. The van der Waals surface area contributed by atoms with Crippen LogP contribution in [0.2, 0.25) is 0 Å². The Morgan fingerprint density at radius 1 is 1.30 bits per heavy atom. The third-order valence-electron chi connectivity index (χ3n) is 2.93. The summed E-state index contributed by atoms with van der Waals surface area (Å²) in [5.74, 6) is -1.01. The van der Waals surface area contributed by atoms with Crippen molar-refractivity contribution in [3.63, 3.8) is 0 Å². The van der Waals surface area contributed by atoms with Crippen LogP contribution in [0.15, 0.2) is 30.3 Å². The first-order chi connectivity index (χ1) is 9.27. The van der Waals surface area contributed by atoms with Crippen molar-refractivity contribution in [1.82, 2.24) is 9.79 Å². The second kappa shape index (κ2) is 6.83. The molecule has 0 saturated carbocycles. The molecule has 2 N–H and O–H groups in total. The summed E-state index contributed by atoms with van der Waals surface area (Å²) in [4.78, 5) is 11.8. The van der Waals surface area contributed by atoms with E-state index in [-0.39, 0.29) is 12.5 Å². The van der Waals surface area contributed by atoms with Gasteiger partial charge < -0.3 is 0 Å². The molecule has 6 nitrogen and oxygen atoms in total. The molecule has 0 spiro atoms. The van der Waals surface area contributed by atoms with Gasteiger partial charge in [-0.1, -0.05) is 44.2 Å². The number of sulfonamides is 1. The van der Waals surface area contributed by atoms with Crippen LogP contribution in [0.25, 0.3) is 0 Å². The second-order valence-corrected chi connectivity index (χ2v) is 6.89. The summed E-state index contributed by atoms with van der Waals surface area (Å²) >= 11 is 0. The van der Waals surface area contributed by atoms with Gasteiger partial charge in [-0.3, -0.25) is 10.0 Å². The van der Waals surface area contributed by atoms with E-state index in [0.717, 1.165) is 16.1 Å². The smallest absolute Gasteiger partial charge is 0.262 e. The number of nitrogens with zero attached hydrogens (tertiary/aromatic N) is 1. The summed E-state index contributed by atoms with van der Waals surface area (Å²) in [5, 5.41) is 8.81. The van der Waals surface area contributed by atoms with E-state index < -0.39 is 22.0 Å². The Labute approximate surface area is 119 Å². The van der Waals surface area contributed by atoms with Crippen LogP contribution < -0.4 is 5.48 Å². The minimum absolute atomic E-state index is 0.0793. The van der Waals surface area contributed by atoms with E-state index in [4.69, 9.17) is 5.21 Å². The van der Waals surface area contributed by atoms with E-state index in [1.165, 1.54) is 5.48 Å². The number of rotatable bonds is 6. The SMILES string of the molecule is CC(C)[C@@H](C(=O)NO)N(Cc1ccccc1)S(C)(=O)=O. The fraction of sp³-hybridized carbons (Fsp3) is 0.462. The van der Waals surface area contributed by atoms with Crippen LogP contribution in [0, 0.1) is 5.92 Å². The number of amides is 1. The zero-order chi connectivity index (χ0) is 15.3. The van der Waals surface area contributed by atoms with E-state index in [2.05, 4.69) is 0 Å². The lowest BCUT2D eigenvalue weighted by atomic mass is 10.0. The third-order valence-corrected chi connectivity index (χ3v) is 4.14. The third kappa shape index (κ3) is 4.29. The Bertz CT molecular complexity index is 543. The summed E-state index contributed by atoms with van der Waals surface area (Å²) in [6.45, 7) is 3.53. The minimum atomic E-state index is -3.60. The molecule has 1 rings (SSSR count). The van der Waals surface area contributed by atoms with Gasteiger partial charge in [0.1, 0.15) is 6.04 Å². The van der Waals surface area contributed by atoms with Crippen molar-refractivity contribution in [1.29, 1.82) is 0 Å². The van der Waals surface area contributed by atoms with Crippen LogP contribution in [0.1, 0.15) is 19.4 Å². The van der Waals surface area contributed by atoms with Crippen LogP contribution in [0.4, 0.5) is 0 Å². The molecule has 112 valence electrons. The van der Waals surface area contributed by atoms with E-state index in [9.17, 15) is 13.2 Å². The Balaban J connectivity index is 3.15. The van der Waals surface area contributed by atoms with Gasteiger partial charge in [0.25, 0.3) is 5.91 Å². The van der Waals surface area contributed by atoms with Crippen LogP contribution >= 0.6 is 0 Å². The lowest BCUT2D eigenvalue weighted by Gasteiger charge is -2.30. The molecule has 1 amide bonds. The van der Waals surface area contributed by atoms with Gasteiger partial charge >= 0.3 is 0 Å². The molecular weight excluding hydrogens is 280 g/mol. The lowest BCUT2D eigenvalue weighted by molar-refractivity contribution is -0.134. The molecule has 0 aliphatic carbocycles. The zero-order valence-electron chi connectivity index (χ0n) is 11.8. The van der Waals surface area contributed by atoms with Gasteiger partial charge in [0.05, 0.1) is 6.26 Å². The van der Waals surface area contributed by atoms with Crippen molar-refractivity contribution >= 4 is 15.9 Å². The van der Waals surface area contributed by atoms with Crippen molar-refractivity contribution in [2.45, 2.75) is 26.4 Å². The molecule has 0 aliphatic rings. The quantitative estimate of drug-likeness (QED) is 0.605. The monoisotopic (exact) mass is 300 g/mol. The first kappa shape index (κ1) is 16.6. The van der Waals surface area contributed by atoms with Crippen LogP contribution in [-0.2, 0) is 21.4 Å². The molecule has 0 aromatic heterocycles. The van der Waals surface area contributed by atoms with Gasteiger partial charge in [-0.25, -0.2) is 13.9 Å². The Hall–Kier alpha value is -1.44. The number of hydrogen-bond acceptors (Lipinski definition) is 4. The van der Waals surface area contributed by atoms with E-state index in [0.29, 0.717) is 0 Å². The number of nitrogens with one attached hydrogen (secondary N) is 1. The Morgan fingerprint density at radius 3 is 2.25 bits per heavy atom. The normalized spacial score (nSPS) is 13.5. The molecule has 0 unspecified atom stereocenters. The molecule has 0 saturated heterocycles. The summed E-state index contributed by atoms with van der Waals surface area (Å²) in [6, 6.07) is 8.03. The highest BCUT2D eigenvalue weighted by Crippen LogP contribution is 2.18. The average Bonchev–Trinajstić information content (AvgIpc) is 2.37. The Kier molecular flexibility index (Phi) is 5.67. The van der Waals surface area contributed by atoms with Crippen LogP contribution in [0.5, 0.6) is 0 Å². The lowest BCUT2D eigenvalue weighted by Crippen LogP contribution is -2.50. The summed E-state index contributed by atoms with van der Waals surface area (Å²) < 4.78 is 25.0. The number of hydrogen-bond donors (Lipinski definition) is 2. The standard InChI is InChI=1S/C13H20N2O4S/c1-10(2)12(13(16)14-17)15(20(3,18)19)9-11-7-5-4-6-8-11/h4-8,10,12,17H,9H2,1-3H3,(H,14,16)/t12-/m0/s1. The van der Waals surface area contributed by atoms with Gasteiger partial charge in [0, 0.05) is 6.54 Å². The summed E-state index contributed by atoms with van der Waals surface area (Å²) in [6.07, 6.45) is 1.05. The van der Waals surface area contributed by atoms with Gasteiger partial charge in [0.15, 0.2) is 0 Å². The second-order valence-electron chi connectivity index (χ2n) is 4.96. The number of hydroxylamine groups is 1. The topological polar surface area (TPSA) is 86.7 Å². The number of carbonyl (C=O) groups is 1. The van der Waals surface area contributed by atoms with Gasteiger partial charge in [-0.15, -0.1) is 0 Å².